The summed E-state index contributed by atoms with van der Waals surface area (Å²) in [6.45, 7) is 24.2. The molecule has 0 saturated carbocycles. The SMILES string of the molecule is C=C(C)C(=O)OCCn1c(C)c(C(=CC2(c3ccc(N(CC)CC)cc3OCC)OC(=O)c3ccccc32)c2c(C)n(CCOC(=O)C(=C)C)c3ccccc23)c2ccccc21. The van der Waals surface area contributed by atoms with Gasteiger partial charge in [-0.15, -0.1) is 0 Å². The van der Waals surface area contributed by atoms with Gasteiger partial charge in [0.15, 0.2) is 5.60 Å². The lowest BCUT2D eigenvalue weighted by atomic mass is 9.80. The van der Waals surface area contributed by atoms with Crippen LogP contribution in [0.3, 0.4) is 0 Å². The maximum atomic E-state index is 14.3. The largest absolute Gasteiger partial charge is 0.493 e. The molecular formula is C52H55N3O7. The molecule has 4 aromatic carbocycles. The van der Waals surface area contributed by atoms with Gasteiger partial charge < -0.3 is 33.0 Å². The Hall–Kier alpha value is -6.81. The molecule has 1 atom stereocenters. The number of ether oxygens (including phenoxy) is 4. The minimum Gasteiger partial charge on any atom is -0.493 e. The van der Waals surface area contributed by atoms with E-state index in [1.54, 1.807) is 13.8 Å². The normalized spacial score (nSPS) is 14.3. The molecule has 0 saturated heterocycles. The Kier molecular flexibility index (Phi) is 12.6. The highest BCUT2D eigenvalue weighted by Gasteiger charge is 2.48. The van der Waals surface area contributed by atoms with Gasteiger partial charge >= 0.3 is 17.9 Å². The lowest BCUT2D eigenvalue weighted by Gasteiger charge is -2.31. The van der Waals surface area contributed by atoms with Gasteiger partial charge in [-0.2, -0.15) is 0 Å². The fourth-order valence-electron chi connectivity index (χ4n) is 8.80. The monoisotopic (exact) mass is 833 g/mol. The molecule has 6 aromatic rings. The molecule has 7 rings (SSSR count). The van der Waals surface area contributed by atoms with Gasteiger partial charge in [-0.25, -0.2) is 14.4 Å². The number of para-hydroxylation sites is 2. The van der Waals surface area contributed by atoms with Crippen LogP contribution in [-0.2, 0) is 42.5 Å². The molecule has 0 amide bonds. The predicted octanol–water partition coefficient (Wildman–Crippen LogP) is 10.2. The number of aromatic nitrogens is 2. The number of cyclic esters (lactones) is 1. The third-order valence-corrected chi connectivity index (χ3v) is 11.7. The van der Waals surface area contributed by atoms with Crippen LogP contribution in [0.2, 0.25) is 0 Å². The van der Waals surface area contributed by atoms with E-state index in [-0.39, 0.29) is 13.2 Å². The van der Waals surface area contributed by atoms with E-state index < -0.39 is 23.5 Å². The molecule has 3 heterocycles. The molecule has 0 radical (unpaired) electrons. The summed E-state index contributed by atoms with van der Waals surface area (Å²) in [5.41, 5.74) is 8.46. The van der Waals surface area contributed by atoms with Gasteiger partial charge in [-0.1, -0.05) is 67.8 Å². The third kappa shape index (κ3) is 7.81. The Morgan fingerprint density at radius 1 is 0.726 bits per heavy atom. The molecule has 0 spiro atoms. The number of fused-ring (bicyclic) bond motifs is 3. The van der Waals surface area contributed by atoms with E-state index in [0.717, 1.165) is 68.7 Å². The fraction of sp³-hybridized carbons (Fsp3) is 0.288. The van der Waals surface area contributed by atoms with Gasteiger partial charge in [-0.3, -0.25) is 0 Å². The number of hydrogen-bond donors (Lipinski definition) is 0. The summed E-state index contributed by atoms with van der Waals surface area (Å²) in [7, 11) is 0. The van der Waals surface area contributed by atoms with Crippen LogP contribution in [0.15, 0.2) is 121 Å². The quantitative estimate of drug-likeness (QED) is 0.0509. The fourth-order valence-corrected chi connectivity index (χ4v) is 8.80. The zero-order valence-electron chi connectivity index (χ0n) is 36.8. The van der Waals surface area contributed by atoms with Crippen molar-refractivity contribution in [3.05, 3.63) is 161 Å². The zero-order valence-corrected chi connectivity index (χ0v) is 36.8. The topological polar surface area (TPSA) is 101 Å². The van der Waals surface area contributed by atoms with Gasteiger partial charge in [0.2, 0.25) is 0 Å². The van der Waals surface area contributed by atoms with Crippen molar-refractivity contribution in [3.63, 3.8) is 0 Å². The number of carbonyl (C=O) groups excluding carboxylic acids is 3. The highest BCUT2D eigenvalue weighted by Crippen LogP contribution is 2.51. The Labute approximate surface area is 363 Å². The van der Waals surface area contributed by atoms with Crippen molar-refractivity contribution in [1.29, 1.82) is 0 Å². The van der Waals surface area contributed by atoms with Crippen LogP contribution in [0.5, 0.6) is 5.75 Å². The maximum absolute atomic E-state index is 14.3. The summed E-state index contributed by atoms with van der Waals surface area (Å²) in [6.07, 6.45) is 2.10. The van der Waals surface area contributed by atoms with E-state index in [1.165, 1.54) is 0 Å². The molecule has 0 fully saturated rings. The third-order valence-electron chi connectivity index (χ3n) is 11.7. The van der Waals surface area contributed by atoms with Crippen molar-refractivity contribution >= 4 is 51.0 Å². The van der Waals surface area contributed by atoms with Crippen molar-refractivity contribution in [2.75, 3.05) is 37.8 Å². The number of hydrogen-bond acceptors (Lipinski definition) is 8. The molecule has 1 aliphatic rings. The average Bonchev–Trinajstić information content (AvgIpc) is 3.83. The van der Waals surface area contributed by atoms with Gasteiger partial charge in [-0.05, 0) is 90.4 Å². The maximum Gasteiger partial charge on any atom is 0.340 e. The first-order valence-electron chi connectivity index (χ1n) is 21.3. The molecule has 0 bridgehead atoms. The van der Waals surface area contributed by atoms with Crippen LogP contribution in [0.1, 0.15) is 78.6 Å². The Balaban J connectivity index is 1.58. The van der Waals surface area contributed by atoms with E-state index >= 15 is 0 Å². The first-order valence-corrected chi connectivity index (χ1v) is 21.3. The lowest BCUT2D eigenvalue weighted by Crippen LogP contribution is -2.28. The second-order valence-electron chi connectivity index (χ2n) is 15.6. The molecule has 1 unspecified atom stereocenters. The molecule has 320 valence electrons. The van der Waals surface area contributed by atoms with E-state index in [0.29, 0.717) is 53.3 Å². The summed E-state index contributed by atoms with van der Waals surface area (Å²) in [6, 6.07) is 30.0. The molecule has 10 nitrogen and oxygen atoms in total. The molecule has 1 aliphatic heterocycles. The van der Waals surface area contributed by atoms with Crippen LogP contribution in [0.4, 0.5) is 5.69 Å². The smallest absolute Gasteiger partial charge is 0.340 e. The van der Waals surface area contributed by atoms with E-state index in [1.807, 2.05) is 67.6 Å². The molecule has 10 heteroatoms. The second-order valence-corrected chi connectivity index (χ2v) is 15.6. The molecule has 2 aromatic heterocycles. The second kappa shape index (κ2) is 18.0. The van der Waals surface area contributed by atoms with Crippen LogP contribution in [0, 0.1) is 13.8 Å². The number of rotatable bonds is 17. The van der Waals surface area contributed by atoms with Crippen LogP contribution in [0.25, 0.3) is 27.4 Å². The predicted molar refractivity (Wildman–Crippen MR) is 246 cm³/mol. The number of anilines is 1. The van der Waals surface area contributed by atoms with Crippen LogP contribution in [-0.4, -0.2) is 60.0 Å². The lowest BCUT2D eigenvalue weighted by molar-refractivity contribution is -0.140. The first kappa shape index (κ1) is 43.3. The standard InChI is InChI=1S/C52H55N3O7/c1-10-53(11-2)37-25-26-43(46(31-37)59-12-3)52(42-22-16-13-19-38(42)51(58)62-52)32-41(47-35(8)54(27-29-60-49(56)33(4)5)44-23-17-14-20-39(44)47)48-36(9)55(28-30-61-50(57)34(6)7)45-24-18-15-21-40(45)48/h13-26,31-32H,4,6,10-12,27-30H2,1-3,5,7-9H3. The van der Waals surface area contributed by atoms with Gasteiger partial charge in [0.25, 0.3) is 0 Å². The highest BCUT2D eigenvalue weighted by molar-refractivity contribution is 6.07. The average molecular weight is 834 g/mol. The van der Waals surface area contributed by atoms with Crippen molar-refractivity contribution in [1.82, 2.24) is 9.13 Å². The van der Waals surface area contributed by atoms with E-state index in [4.69, 9.17) is 18.9 Å². The Morgan fingerprint density at radius 3 is 1.76 bits per heavy atom. The minimum atomic E-state index is -1.45. The van der Waals surface area contributed by atoms with E-state index in [9.17, 15) is 14.4 Å². The van der Waals surface area contributed by atoms with Crippen molar-refractivity contribution in [2.24, 2.45) is 0 Å². The number of esters is 3. The van der Waals surface area contributed by atoms with Gasteiger partial charge in [0, 0.05) is 91.4 Å². The summed E-state index contributed by atoms with van der Waals surface area (Å²) < 4.78 is 28.9. The molecule has 0 N–H and O–H groups in total. The zero-order chi connectivity index (χ0) is 44.3. The first-order chi connectivity index (χ1) is 29.9. The van der Waals surface area contributed by atoms with Crippen LogP contribution >= 0.6 is 0 Å². The van der Waals surface area contributed by atoms with Crippen molar-refractivity contribution in [3.8, 4) is 5.75 Å². The van der Waals surface area contributed by atoms with Gasteiger partial charge in [0.05, 0.1) is 25.3 Å². The van der Waals surface area contributed by atoms with Crippen LogP contribution < -0.4 is 9.64 Å². The summed E-state index contributed by atoms with van der Waals surface area (Å²) >= 11 is 0. The Morgan fingerprint density at radius 2 is 1.24 bits per heavy atom. The number of benzene rings is 4. The van der Waals surface area contributed by atoms with Crippen molar-refractivity contribution in [2.45, 2.75) is 67.2 Å². The number of nitrogens with zero attached hydrogens (tertiary/aromatic N) is 3. The van der Waals surface area contributed by atoms with Gasteiger partial charge in [0.1, 0.15) is 19.0 Å². The molecular weight excluding hydrogens is 779 g/mol. The van der Waals surface area contributed by atoms with E-state index in [2.05, 4.69) is 91.3 Å². The minimum absolute atomic E-state index is 0.135. The summed E-state index contributed by atoms with van der Waals surface area (Å²) in [5, 5.41) is 1.92. The molecule has 0 aliphatic carbocycles. The summed E-state index contributed by atoms with van der Waals surface area (Å²) in [5.74, 6) is -0.728. The Bertz CT molecular complexity index is 2650. The summed E-state index contributed by atoms with van der Waals surface area (Å²) in [4.78, 5) is 41.5. The number of carbonyl (C=O) groups is 3. The molecule has 62 heavy (non-hydrogen) atoms. The highest BCUT2D eigenvalue weighted by atomic mass is 16.6. The van der Waals surface area contributed by atoms with Crippen molar-refractivity contribution < 1.29 is 33.3 Å².